The van der Waals surface area contributed by atoms with E-state index in [0.717, 1.165) is 5.57 Å². The number of hydrogen-bond donors (Lipinski definition) is 2. The van der Waals surface area contributed by atoms with Gasteiger partial charge in [0.1, 0.15) is 0 Å². The summed E-state index contributed by atoms with van der Waals surface area (Å²) in [5.74, 6) is 0.736. The Labute approximate surface area is 58.8 Å². The van der Waals surface area contributed by atoms with E-state index in [2.05, 4.69) is 5.32 Å². The summed E-state index contributed by atoms with van der Waals surface area (Å²) >= 11 is 5.51. The molecule has 0 aliphatic carbocycles. The molecule has 0 unspecified atom stereocenters. The molecule has 0 aromatic carbocycles. The number of halogens is 1. The fourth-order valence-electron chi connectivity index (χ4n) is 0.611. The van der Waals surface area contributed by atoms with E-state index in [1.165, 1.54) is 0 Å². The van der Waals surface area contributed by atoms with Crippen LogP contribution in [0.15, 0.2) is 23.6 Å². The second-order valence-electron chi connectivity index (χ2n) is 1.86. The van der Waals surface area contributed by atoms with Gasteiger partial charge in [-0.1, -0.05) is 6.08 Å². The van der Waals surface area contributed by atoms with Gasteiger partial charge in [-0.25, -0.2) is 0 Å². The first-order chi connectivity index (χ1) is 4.33. The van der Waals surface area contributed by atoms with Crippen LogP contribution in [0, 0.1) is 0 Å². The van der Waals surface area contributed by atoms with Crippen LogP contribution in [0.25, 0.3) is 0 Å². The predicted molar refractivity (Wildman–Crippen MR) is 37.5 cm³/mol. The highest BCUT2D eigenvalue weighted by atomic mass is 35.5. The summed E-state index contributed by atoms with van der Waals surface area (Å²) < 4.78 is 0. The molecule has 0 aromatic heterocycles. The number of nitrogens with one attached hydrogen (secondary N) is 1. The lowest BCUT2D eigenvalue weighted by Crippen LogP contribution is -2.19. The van der Waals surface area contributed by atoms with Crippen LogP contribution in [0.3, 0.4) is 0 Å². The van der Waals surface area contributed by atoms with Crippen LogP contribution in [-0.4, -0.2) is 17.5 Å². The van der Waals surface area contributed by atoms with Crippen LogP contribution < -0.4 is 5.32 Å². The molecule has 0 atom stereocenters. The number of alkyl halides is 1. The summed E-state index contributed by atoms with van der Waals surface area (Å²) in [4.78, 5) is 0. The molecule has 0 aromatic rings. The molecule has 9 heavy (non-hydrogen) atoms. The lowest BCUT2D eigenvalue weighted by Gasteiger charge is -2.09. The van der Waals surface area contributed by atoms with Crippen molar-refractivity contribution in [3.05, 3.63) is 23.6 Å². The molecule has 0 amide bonds. The molecule has 0 spiro atoms. The highest BCUT2D eigenvalue weighted by Gasteiger charge is 2.00. The fourth-order valence-corrected chi connectivity index (χ4v) is 0.794. The van der Waals surface area contributed by atoms with Gasteiger partial charge < -0.3 is 10.4 Å². The van der Waals surface area contributed by atoms with Crippen LogP contribution in [0.1, 0.15) is 0 Å². The standard InChI is InChI=1S/C6H8ClNO/c7-3-5-1-2-6(9)8-4-5/h1-2,8-9H,3-4H2. The molecule has 2 nitrogen and oxygen atoms in total. The van der Waals surface area contributed by atoms with E-state index >= 15 is 0 Å². The molecule has 3 heteroatoms. The number of dihydropyridines is 1. The van der Waals surface area contributed by atoms with Crippen LogP contribution in [0.4, 0.5) is 0 Å². The smallest absolute Gasteiger partial charge is 0.184 e. The van der Waals surface area contributed by atoms with Crippen molar-refractivity contribution in [2.75, 3.05) is 12.4 Å². The number of rotatable bonds is 1. The summed E-state index contributed by atoms with van der Waals surface area (Å²) in [7, 11) is 0. The Hall–Kier alpha value is -0.630. The predicted octanol–water partition coefficient (Wildman–Crippen LogP) is 1.15. The fraction of sp³-hybridized carbons (Fsp3) is 0.333. The van der Waals surface area contributed by atoms with Crippen molar-refractivity contribution in [2.24, 2.45) is 0 Å². The van der Waals surface area contributed by atoms with Gasteiger partial charge in [-0.05, 0) is 11.6 Å². The molecule has 50 valence electrons. The van der Waals surface area contributed by atoms with E-state index in [9.17, 15) is 0 Å². The molecule has 0 saturated carbocycles. The van der Waals surface area contributed by atoms with Gasteiger partial charge in [0, 0.05) is 12.4 Å². The van der Waals surface area contributed by atoms with Crippen molar-refractivity contribution in [1.29, 1.82) is 0 Å². The minimum Gasteiger partial charge on any atom is -0.495 e. The van der Waals surface area contributed by atoms with Gasteiger partial charge in [-0.15, -0.1) is 11.6 Å². The quantitative estimate of drug-likeness (QED) is 0.543. The SMILES string of the molecule is OC1=CC=C(CCl)CN1. The first kappa shape index (κ1) is 6.49. The van der Waals surface area contributed by atoms with Crippen molar-refractivity contribution in [2.45, 2.75) is 0 Å². The molecule has 2 N–H and O–H groups in total. The van der Waals surface area contributed by atoms with Gasteiger partial charge in [0.2, 0.25) is 0 Å². The van der Waals surface area contributed by atoms with Gasteiger partial charge in [-0.3, -0.25) is 0 Å². The zero-order valence-corrected chi connectivity index (χ0v) is 5.65. The van der Waals surface area contributed by atoms with Crippen molar-refractivity contribution in [3.8, 4) is 0 Å². The zero-order chi connectivity index (χ0) is 6.69. The lowest BCUT2D eigenvalue weighted by molar-refractivity contribution is 0.367. The van der Waals surface area contributed by atoms with E-state index in [-0.39, 0.29) is 5.88 Å². The molecule has 1 heterocycles. The molecule has 1 aliphatic heterocycles. The molecular weight excluding hydrogens is 138 g/mol. The summed E-state index contributed by atoms with van der Waals surface area (Å²) in [6.07, 6.45) is 3.42. The Morgan fingerprint density at radius 3 is 2.89 bits per heavy atom. The largest absolute Gasteiger partial charge is 0.495 e. The third kappa shape index (κ3) is 1.64. The number of aliphatic hydroxyl groups excluding tert-OH is 1. The third-order valence-electron chi connectivity index (χ3n) is 1.15. The summed E-state index contributed by atoms with van der Waals surface area (Å²) in [6.45, 7) is 0.659. The van der Waals surface area contributed by atoms with Gasteiger partial charge in [0.15, 0.2) is 5.88 Å². The molecular formula is C6H8ClNO. The first-order valence-corrected chi connectivity index (χ1v) is 3.25. The number of aliphatic hydroxyl groups is 1. The van der Waals surface area contributed by atoms with Gasteiger partial charge in [-0.2, -0.15) is 0 Å². The highest BCUT2D eigenvalue weighted by molar-refractivity contribution is 6.19. The monoisotopic (exact) mass is 145 g/mol. The summed E-state index contributed by atoms with van der Waals surface area (Å²) in [5, 5.41) is 11.5. The molecule has 1 aliphatic rings. The van der Waals surface area contributed by atoms with E-state index in [1.807, 2.05) is 6.08 Å². The first-order valence-electron chi connectivity index (χ1n) is 2.71. The Morgan fingerprint density at radius 2 is 2.44 bits per heavy atom. The minimum absolute atomic E-state index is 0.212. The number of hydrogen-bond acceptors (Lipinski definition) is 2. The van der Waals surface area contributed by atoms with Crippen LogP contribution in [0.2, 0.25) is 0 Å². The average molecular weight is 146 g/mol. The molecule has 0 fully saturated rings. The van der Waals surface area contributed by atoms with Crippen molar-refractivity contribution in [3.63, 3.8) is 0 Å². The van der Waals surface area contributed by atoms with E-state index in [4.69, 9.17) is 16.7 Å². The topological polar surface area (TPSA) is 32.3 Å². The summed E-state index contributed by atoms with van der Waals surface area (Å²) in [6, 6.07) is 0. The Bertz CT molecular complexity index is 162. The highest BCUT2D eigenvalue weighted by Crippen LogP contribution is 2.02. The Balaban J connectivity index is 2.59. The van der Waals surface area contributed by atoms with Gasteiger partial charge in [0.25, 0.3) is 0 Å². The normalized spacial score (nSPS) is 17.9. The molecule has 0 bridgehead atoms. The Kier molecular flexibility index (Phi) is 2.01. The van der Waals surface area contributed by atoms with Gasteiger partial charge in [0.05, 0.1) is 0 Å². The maximum atomic E-state index is 8.78. The van der Waals surface area contributed by atoms with Crippen molar-refractivity contribution >= 4 is 11.6 Å². The average Bonchev–Trinajstić information content (AvgIpc) is 1.90. The van der Waals surface area contributed by atoms with Crippen molar-refractivity contribution < 1.29 is 5.11 Å². The van der Waals surface area contributed by atoms with E-state index in [0.29, 0.717) is 12.4 Å². The van der Waals surface area contributed by atoms with Gasteiger partial charge >= 0.3 is 0 Å². The minimum atomic E-state index is 0.212. The molecule has 1 rings (SSSR count). The zero-order valence-electron chi connectivity index (χ0n) is 4.89. The maximum Gasteiger partial charge on any atom is 0.184 e. The second kappa shape index (κ2) is 2.78. The second-order valence-corrected chi connectivity index (χ2v) is 2.13. The van der Waals surface area contributed by atoms with E-state index < -0.39 is 0 Å². The molecule has 0 saturated heterocycles. The van der Waals surface area contributed by atoms with Crippen LogP contribution >= 0.6 is 11.6 Å². The maximum absolute atomic E-state index is 8.78. The van der Waals surface area contributed by atoms with Crippen LogP contribution in [0.5, 0.6) is 0 Å². The van der Waals surface area contributed by atoms with E-state index in [1.54, 1.807) is 6.08 Å². The Morgan fingerprint density at radius 1 is 1.67 bits per heavy atom. The number of allylic oxidation sites excluding steroid dienone is 2. The third-order valence-corrected chi connectivity index (χ3v) is 1.49. The molecule has 0 radical (unpaired) electrons. The van der Waals surface area contributed by atoms with Crippen LogP contribution in [-0.2, 0) is 0 Å². The van der Waals surface area contributed by atoms with Crippen molar-refractivity contribution in [1.82, 2.24) is 5.32 Å². The summed E-state index contributed by atoms with van der Waals surface area (Å²) in [5.41, 5.74) is 1.09. The lowest BCUT2D eigenvalue weighted by atomic mass is 10.2.